The number of nitrogen functional groups attached to an aromatic ring is 1. The summed E-state index contributed by atoms with van der Waals surface area (Å²) in [5.74, 6) is 6.12. The second kappa shape index (κ2) is 5.79. The van der Waals surface area contributed by atoms with E-state index in [1.807, 2.05) is 37.5 Å². The van der Waals surface area contributed by atoms with Crippen LogP contribution in [0.4, 0.5) is 0 Å². The van der Waals surface area contributed by atoms with Gasteiger partial charge in [0.05, 0.1) is 5.52 Å². The van der Waals surface area contributed by atoms with Gasteiger partial charge in [-0.3, -0.25) is 4.68 Å². The maximum atomic E-state index is 6.12. The normalized spacial score (nSPS) is 11.0. The Bertz CT molecular complexity index is 851. The molecule has 0 atom stereocenters. The van der Waals surface area contributed by atoms with Gasteiger partial charge in [-0.05, 0) is 30.3 Å². The van der Waals surface area contributed by atoms with Crippen molar-refractivity contribution >= 4 is 28.1 Å². The fourth-order valence-corrected chi connectivity index (χ4v) is 2.81. The molecule has 5 N–H and O–H groups in total. The van der Waals surface area contributed by atoms with E-state index in [9.17, 15) is 0 Å². The lowest BCUT2D eigenvalue weighted by Crippen LogP contribution is -2.08. The first kappa shape index (κ1) is 14.6. The van der Waals surface area contributed by atoms with Crippen LogP contribution in [0.2, 0.25) is 0 Å². The van der Waals surface area contributed by atoms with E-state index in [2.05, 4.69) is 23.5 Å². The van der Waals surface area contributed by atoms with Crippen molar-refractivity contribution in [3.05, 3.63) is 59.8 Å². The molecule has 112 valence electrons. The van der Waals surface area contributed by atoms with E-state index in [0.29, 0.717) is 4.99 Å². The van der Waals surface area contributed by atoms with Gasteiger partial charge in [0.1, 0.15) is 4.99 Å². The van der Waals surface area contributed by atoms with Crippen LogP contribution in [0.5, 0.6) is 0 Å². The lowest BCUT2D eigenvalue weighted by atomic mass is 10.0. The van der Waals surface area contributed by atoms with Crippen LogP contribution in [-0.2, 0) is 6.54 Å². The van der Waals surface area contributed by atoms with E-state index in [-0.39, 0.29) is 0 Å². The van der Waals surface area contributed by atoms with Crippen LogP contribution in [0.15, 0.2) is 48.7 Å². The summed E-state index contributed by atoms with van der Waals surface area (Å²) in [4.78, 5) is 0.398. The summed E-state index contributed by atoms with van der Waals surface area (Å²) >= 11 is 5.06. The summed E-state index contributed by atoms with van der Waals surface area (Å²) < 4.78 is 1.66. The van der Waals surface area contributed by atoms with Crippen LogP contribution in [0.25, 0.3) is 22.0 Å². The molecule has 0 unspecified atom stereocenters. The molecule has 4 nitrogen and oxygen atoms in total. The maximum Gasteiger partial charge on any atom is 0.104 e. The Morgan fingerprint density at radius 3 is 2.77 bits per heavy atom. The van der Waals surface area contributed by atoms with E-state index in [1.54, 1.807) is 4.68 Å². The second-order valence-electron chi connectivity index (χ2n) is 5.28. The highest BCUT2D eigenvalue weighted by Crippen LogP contribution is 2.30. The van der Waals surface area contributed by atoms with Gasteiger partial charge in [-0.2, -0.15) is 0 Å². The molecule has 0 spiro atoms. The van der Waals surface area contributed by atoms with Crippen molar-refractivity contribution in [1.82, 2.24) is 9.99 Å². The fraction of sp³-hybridized carbons (Fsp3) is 0.118. The maximum absolute atomic E-state index is 6.12. The van der Waals surface area contributed by atoms with Crippen LogP contribution in [0.1, 0.15) is 11.1 Å². The fourth-order valence-electron chi connectivity index (χ4n) is 2.68. The first-order valence-electron chi connectivity index (χ1n) is 7.04. The number of hydrogen-bond donors (Lipinski definition) is 3. The van der Waals surface area contributed by atoms with Crippen LogP contribution in [0.3, 0.4) is 0 Å². The summed E-state index contributed by atoms with van der Waals surface area (Å²) in [5, 5.41) is 4.26. The van der Waals surface area contributed by atoms with Gasteiger partial charge in [0.15, 0.2) is 0 Å². The Morgan fingerprint density at radius 1 is 1.23 bits per heavy atom. The molecule has 0 fully saturated rings. The second-order valence-corrected chi connectivity index (χ2v) is 5.72. The van der Waals surface area contributed by atoms with Crippen LogP contribution < -0.4 is 16.9 Å². The largest absolute Gasteiger partial charge is 0.389 e. The Hall–Kier alpha value is -2.37. The molecule has 3 aromatic rings. The lowest BCUT2D eigenvalue weighted by molar-refractivity contribution is 0.818. The predicted octanol–water partition coefficient (Wildman–Crippen LogP) is 2.38. The molecule has 0 aliphatic carbocycles. The third-order valence-corrected chi connectivity index (χ3v) is 3.97. The third-order valence-electron chi connectivity index (χ3n) is 3.74. The number of nitrogens with zero attached hydrogens (tertiary/aromatic N) is 1. The number of thiocarbonyl (C=S) groups is 1. The minimum atomic E-state index is 0.398. The summed E-state index contributed by atoms with van der Waals surface area (Å²) in [6, 6.07) is 14.2. The summed E-state index contributed by atoms with van der Waals surface area (Å²) in [6.07, 6.45) is 1.94. The zero-order valence-electron chi connectivity index (χ0n) is 12.3. The SMILES string of the molecule is CNCc1ccc2c(-c3cccc(C(N)=S)c3)cn(N)c2c1. The van der Waals surface area contributed by atoms with Crippen molar-refractivity contribution < 1.29 is 0 Å². The van der Waals surface area contributed by atoms with Crippen molar-refractivity contribution in [1.29, 1.82) is 0 Å². The predicted molar refractivity (Wildman–Crippen MR) is 96.2 cm³/mol. The van der Waals surface area contributed by atoms with Crippen molar-refractivity contribution in [3.8, 4) is 11.1 Å². The Balaban J connectivity index is 2.15. The summed E-state index contributed by atoms with van der Waals surface area (Å²) in [5.41, 5.74) is 10.9. The Labute approximate surface area is 134 Å². The van der Waals surface area contributed by atoms with Gasteiger partial charge in [-0.15, -0.1) is 0 Å². The van der Waals surface area contributed by atoms with Crippen LogP contribution in [0, 0.1) is 0 Å². The van der Waals surface area contributed by atoms with E-state index in [4.69, 9.17) is 23.8 Å². The number of hydrogen-bond acceptors (Lipinski definition) is 3. The molecule has 0 bridgehead atoms. The van der Waals surface area contributed by atoms with Crippen molar-refractivity contribution in [2.24, 2.45) is 5.73 Å². The number of aromatic nitrogens is 1. The molecule has 5 heteroatoms. The molecule has 0 aliphatic rings. The average molecular weight is 310 g/mol. The lowest BCUT2D eigenvalue weighted by Gasteiger charge is -2.04. The Morgan fingerprint density at radius 2 is 2.05 bits per heavy atom. The molecule has 1 aromatic heterocycles. The monoisotopic (exact) mass is 310 g/mol. The molecule has 22 heavy (non-hydrogen) atoms. The molecular formula is C17H18N4S. The number of rotatable bonds is 4. The molecule has 0 saturated heterocycles. The summed E-state index contributed by atoms with van der Waals surface area (Å²) in [7, 11) is 1.93. The molecule has 0 aliphatic heterocycles. The molecule has 1 heterocycles. The first-order chi connectivity index (χ1) is 10.6. The third kappa shape index (κ3) is 2.56. The van der Waals surface area contributed by atoms with E-state index in [1.165, 1.54) is 5.56 Å². The first-order valence-corrected chi connectivity index (χ1v) is 7.45. The Kier molecular flexibility index (Phi) is 3.83. The molecule has 0 radical (unpaired) electrons. The highest BCUT2D eigenvalue weighted by Gasteiger charge is 2.10. The van der Waals surface area contributed by atoms with Crippen molar-refractivity contribution in [3.63, 3.8) is 0 Å². The number of nitrogens with one attached hydrogen (secondary N) is 1. The van der Waals surface area contributed by atoms with E-state index >= 15 is 0 Å². The minimum absolute atomic E-state index is 0.398. The topological polar surface area (TPSA) is 69.0 Å². The number of nitrogens with two attached hydrogens (primary N) is 2. The minimum Gasteiger partial charge on any atom is -0.389 e. The zero-order valence-corrected chi connectivity index (χ0v) is 13.2. The molecule has 3 rings (SSSR count). The van der Waals surface area contributed by atoms with Gasteiger partial charge in [0.25, 0.3) is 0 Å². The quantitative estimate of drug-likeness (QED) is 0.511. The van der Waals surface area contributed by atoms with E-state index < -0.39 is 0 Å². The number of fused-ring (bicyclic) bond motifs is 1. The highest BCUT2D eigenvalue weighted by molar-refractivity contribution is 7.80. The molecule has 2 aromatic carbocycles. The standard InChI is InChI=1S/C17H18N4S/c1-20-9-11-5-6-14-15(10-21(19)16(14)7-11)12-3-2-4-13(8-12)17(18)22/h2-8,10,20H,9,19H2,1H3,(H2,18,22). The van der Waals surface area contributed by atoms with Crippen LogP contribution >= 0.6 is 12.2 Å². The van der Waals surface area contributed by atoms with Gasteiger partial charge in [-0.25, -0.2) is 0 Å². The van der Waals surface area contributed by atoms with Gasteiger partial charge in [-0.1, -0.05) is 42.5 Å². The smallest absolute Gasteiger partial charge is 0.104 e. The van der Waals surface area contributed by atoms with Crippen molar-refractivity contribution in [2.45, 2.75) is 6.54 Å². The zero-order chi connectivity index (χ0) is 15.7. The highest BCUT2D eigenvalue weighted by atomic mass is 32.1. The molecular weight excluding hydrogens is 292 g/mol. The van der Waals surface area contributed by atoms with Crippen molar-refractivity contribution in [2.75, 3.05) is 12.9 Å². The van der Waals surface area contributed by atoms with Crippen LogP contribution in [-0.4, -0.2) is 16.7 Å². The average Bonchev–Trinajstić information content (AvgIpc) is 2.85. The van der Waals surface area contributed by atoms with Gasteiger partial charge < -0.3 is 16.9 Å². The molecule has 0 saturated carbocycles. The number of benzene rings is 2. The van der Waals surface area contributed by atoms with E-state index in [0.717, 1.165) is 34.1 Å². The summed E-state index contributed by atoms with van der Waals surface area (Å²) in [6.45, 7) is 0.813. The molecule has 0 amide bonds. The van der Waals surface area contributed by atoms with Gasteiger partial charge >= 0.3 is 0 Å². The van der Waals surface area contributed by atoms with Gasteiger partial charge in [0, 0.05) is 29.3 Å². The van der Waals surface area contributed by atoms with Gasteiger partial charge in [0.2, 0.25) is 0 Å².